The molecule has 0 N–H and O–H groups in total. The zero-order valence-electron chi connectivity index (χ0n) is 10.6. The van der Waals surface area contributed by atoms with Crippen LogP contribution in [0.4, 0.5) is 0 Å². The molecule has 0 unspecified atom stereocenters. The van der Waals surface area contributed by atoms with Crippen LogP contribution in [0.5, 0.6) is 0 Å². The van der Waals surface area contributed by atoms with E-state index >= 15 is 0 Å². The molecule has 0 aliphatic heterocycles. The molecule has 0 saturated carbocycles. The van der Waals surface area contributed by atoms with E-state index in [9.17, 15) is 0 Å². The molecule has 0 aromatic rings. The molecule has 0 rings (SSSR count). The Labute approximate surface area is 134 Å². The van der Waals surface area contributed by atoms with E-state index in [2.05, 4.69) is 39.3 Å². The quantitative estimate of drug-likeness (QED) is 0.319. The van der Waals surface area contributed by atoms with Gasteiger partial charge in [0.25, 0.3) is 0 Å². The molecule has 0 amide bonds. The minimum atomic E-state index is -5.29. The molecular formula is C8H18Cl6OPtSi2-2. The molecule has 18 heavy (non-hydrogen) atoms. The van der Waals surface area contributed by atoms with Crippen molar-refractivity contribution in [1.29, 1.82) is 0 Å². The molecule has 0 heterocycles. The summed E-state index contributed by atoms with van der Waals surface area (Å²) in [5.41, 5.74) is 3.93. The van der Waals surface area contributed by atoms with E-state index in [1.54, 1.807) is 0 Å². The standard InChI is InChI=1S/C8H18OSi2.6ClH.Pt/c1-7-10(3,4)9-11(5,6)8-2;;;;;;;/h7-8H,1-2H2,3-6H3;6*1H;/q;;;;;;;+4/p-6. The summed E-state index contributed by atoms with van der Waals surface area (Å²) in [6.07, 6.45) is 0. The van der Waals surface area contributed by atoms with Gasteiger partial charge in [0.15, 0.2) is 16.6 Å². The molecule has 0 radical (unpaired) electrons. The summed E-state index contributed by atoms with van der Waals surface area (Å²) in [4.78, 5) is 0. The Morgan fingerprint density at radius 1 is 0.778 bits per heavy atom. The van der Waals surface area contributed by atoms with E-state index < -0.39 is 23.9 Å². The molecule has 10 heteroatoms. The van der Waals surface area contributed by atoms with Crippen molar-refractivity contribution in [2.45, 2.75) is 26.2 Å². The molecular weight excluding hydrogens is 576 g/mol. The summed E-state index contributed by atoms with van der Waals surface area (Å²) in [7, 11) is 21.9. The third kappa shape index (κ3) is 26.8. The SMILES string of the molecule is C=C[Si](C)(C)O[Si](C)(C)C=C.[Cl][Pt-2]([Cl])([Cl])([Cl])([Cl])[Cl]. The molecule has 0 bridgehead atoms. The van der Waals surface area contributed by atoms with Crippen LogP contribution in [-0.4, -0.2) is 16.6 Å². The minimum absolute atomic E-state index is 1.58. The molecule has 0 aliphatic carbocycles. The van der Waals surface area contributed by atoms with Crippen LogP contribution in [0.3, 0.4) is 0 Å². The Morgan fingerprint density at radius 3 is 1.06 bits per heavy atom. The summed E-state index contributed by atoms with van der Waals surface area (Å²) in [5.74, 6) is 0. The van der Waals surface area contributed by atoms with E-state index in [0.717, 1.165) is 0 Å². The van der Waals surface area contributed by atoms with Crippen molar-refractivity contribution in [3.05, 3.63) is 24.6 Å². The Hall–Kier alpha value is 2.30. The summed E-state index contributed by atoms with van der Waals surface area (Å²) in [5, 5.41) is 0. The number of hydrogen-bond acceptors (Lipinski definition) is 1. The molecule has 0 aromatic heterocycles. The van der Waals surface area contributed by atoms with Crippen LogP contribution in [0.2, 0.25) is 26.2 Å². The van der Waals surface area contributed by atoms with Gasteiger partial charge in [-0.2, -0.15) is 0 Å². The van der Waals surface area contributed by atoms with Gasteiger partial charge in [0, 0.05) is 0 Å². The fourth-order valence-corrected chi connectivity index (χ4v) is 6.85. The third-order valence-electron chi connectivity index (χ3n) is 1.51. The van der Waals surface area contributed by atoms with Gasteiger partial charge in [-0.05, 0) is 26.2 Å². The molecule has 0 spiro atoms. The summed E-state index contributed by atoms with van der Waals surface area (Å²) < 4.78 is 5.97. The van der Waals surface area contributed by atoms with Gasteiger partial charge in [-0.15, -0.1) is 13.2 Å². The number of rotatable bonds is 4. The summed E-state index contributed by atoms with van der Waals surface area (Å²) in [6.45, 7) is 16.2. The summed E-state index contributed by atoms with van der Waals surface area (Å²) in [6, 6.07) is 0. The monoisotopic (exact) mass is 591 g/mol. The van der Waals surface area contributed by atoms with Gasteiger partial charge in [0.2, 0.25) is 0 Å². The maximum atomic E-state index is 5.97. The molecule has 0 aromatic carbocycles. The summed E-state index contributed by atoms with van der Waals surface area (Å²) >= 11 is 0. The zero-order chi connectivity index (χ0) is 15.5. The average molecular weight is 594 g/mol. The van der Waals surface area contributed by atoms with E-state index in [4.69, 9.17) is 60.6 Å². The number of hydrogen-bond donors (Lipinski definition) is 0. The Kier molecular flexibility index (Phi) is 7.77. The van der Waals surface area contributed by atoms with E-state index in [0.29, 0.717) is 0 Å². The van der Waals surface area contributed by atoms with Gasteiger partial charge in [-0.3, -0.25) is 0 Å². The predicted octanol–water partition coefficient (Wildman–Crippen LogP) is 7.00. The van der Waals surface area contributed by atoms with Crippen molar-refractivity contribution >= 4 is 73.1 Å². The van der Waals surface area contributed by atoms with Gasteiger partial charge in [-0.1, -0.05) is 11.4 Å². The van der Waals surface area contributed by atoms with Crippen LogP contribution in [0, 0.1) is 0 Å². The van der Waals surface area contributed by atoms with E-state index in [-0.39, 0.29) is 0 Å². The van der Waals surface area contributed by atoms with Crippen molar-refractivity contribution < 1.29 is 11.4 Å². The van der Waals surface area contributed by atoms with E-state index in [1.807, 2.05) is 11.4 Å². The molecule has 1 nitrogen and oxygen atoms in total. The fourth-order valence-electron chi connectivity index (χ4n) is 0.761. The molecule has 0 fully saturated rings. The Balaban J connectivity index is 0. The normalized spacial score (nSPS) is 16.8. The van der Waals surface area contributed by atoms with Crippen molar-refractivity contribution in [2.75, 3.05) is 0 Å². The zero-order valence-corrected chi connectivity index (χ0v) is 19.4. The topological polar surface area (TPSA) is 9.23 Å². The molecule has 118 valence electrons. The maximum absolute atomic E-state index is 5.97. The van der Waals surface area contributed by atoms with Crippen LogP contribution in [0.25, 0.3) is 0 Å². The Bertz CT molecular complexity index is 291. The average Bonchev–Trinajstić information content (AvgIpc) is 1.97. The van der Waals surface area contributed by atoms with Gasteiger partial charge in [-0.25, -0.2) is 0 Å². The molecule has 0 aliphatic rings. The third-order valence-corrected chi connectivity index (χ3v) is 7.68. The van der Waals surface area contributed by atoms with Crippen LogP contribution in [0.15, 0.2) is 24.6 Å². The van der Waals surface area contributed by atoms with Crippen LogP contribution < -0.4 is 0 Å². The molecule has 0 atom stereocenters. The Morgan fingerprint density at radius 2 is 0.944 bits per heavy atom. The van der Waals surface area contributed by atoms with Crippen LogP contribution in [0.1, 0.15) is 0 Å². The molecule has 0 saturated heterocycles. The van der Waals surface area contributed by atoms with Crippen molar-refractivity contribution in [3.63, 3.8) is 0 Å². The van der Waals surface area contributed by atoms with Gasteiger partial charge in [0.05, 0.1) is 0 Å². The first-order chi connectivity index (χ1) is 7.28. The van der Waals surface area contributed by atoms with Crippen molar-refractivity contribution in [3.8, 4) is 0 Å². The number of halogens is 6. The van der Waals surface area contributed by atoms with Crippen molar-refractivity contribution in [2.24, 2.45) is 0 Å². The fraction of sp³-hybridized carbons (Fsp3) is 0.500. The van der Waals surface area contributed by atoms with Gasteiger partial charge >= 0.3 is 63.8 Å². The first kappa shape index (κ1) is 22.6. The van der Waals surface area contributed by atoms with Gasteiger partial charge < -0.3 is 4.12 Å². The second-order valence-electron chi connectivity index (χ2n) is 4.39. The van der Waals surface area contributed by atoms with Gasteiger partial charge in [0.1, 0.15) is 0 Å². The van der Waals surface area contributed by atoms with Crippen LogP contribution >= 0.6 is 56.5 Å². The first-order valence-corrected chi connectivity index (χ1v) is 27.4. The predicted molar refractivity (Wildman–Crippen MR) is 91.6 cm³/mol. The first-order valence-electron chi connectivity index (χ1n) is 4.52. The van der Waals surface area contributed by atoms with E-state index in [1.165, 1.54) is 0 Å². The van der Waals surface area contributed by atoms with Crippen molar-refractivity contribution in [1.82, 2.24) is 0 Å². The second kappa shape index (κ2) is 6.20. The van der Waals surface area contributed by atoms with Crippen LogP contribution in [-0.2, 0) is 11.4 Å². The second-order valence-corrected chi connectivity index (χ2v) is 61.7.